The number of nitrogens with zero attached hydrogens (tertiary/aromatic N) is 2. The molecule has 0 bridgehead atoms. The zero-order valence-electron chi connectivity index (χ0n) is 8.82. The van der Waals surface area contributed by atoms with Crippen LogP contribution in [0.15, 0.2) is 28.7 Å². The third kappa shape index (κ3) is 2.48. The predicted octanol–water partition coefficient (Wildman–Crippen LogP) is 3.31. The first-order valence-electron chi connectivity index (χ1n) is 4.78. The lowest BCUT2D eigenvalue weighted by molar-refractivity contribution is 0.100. The van der Waals surface area contributed by atoms with E-state index in [9.17, 15) is 4.79 Å². The van der Waals surface area contributed by atoms with Gasteiger partial charge in [0.2, 0.25) is 5.28 Å². The number of amides is 1. The van der Waals surface area contributed by atoms with Crippen LogP contribution in [0.5, 0.6) is 0 Å². The first-order valence-corrected chi connectivity index (χ1v) is 6.33. The Labute approximate surface area is 121 Å². The summed E-state index contributed by atoms with van der Waals surface area (Å²) in [4.78, 5) is 19.2. The van der Waals surface area contributed by atoms with Gasteiger partial charge in [0.1, 0.15) is 10.7 Å². The molecule has 1 aromatic carbocycles. The third-order valence-electron chi connectivity index (χ3n) is 2.21. The summed E-state index contributed by atoms with van der Waals surface area (Å²) >= 11 is 15.0. The smallest absolute Gasteiger partial charge is 0.254 e. The zero-order valence-corrected chi connectivity index (χ0v) is 11.9. The second kappa shape index (κ2) is 5.22. The Kier molecular flexibility index (Phi) is 3.85. The minimum absolute atomic E-state index is 0.0456. The van der Waals surface area contributed by atoms with Gasteiger partial charge in [0.15, 0.2) is 0 Å². The molecule has 1 aromatic heterocycles. The molecule has 0 saturated heterocycles. The summed E-state index contributed by atoms with van der Waals surface area (Å²) in [6.45, 7) is 0. The highest BCUT2D eigenvalue weighted by Gasteiger charge is 2.19. The molecule has 0 radical (unpaired) electrons. The topological polar surface area (TPSA) is 68.9 Å². The molecule has 2 rings (SSSR count). The van der Waals surface area contributed by atoms with Crippen molar-refractivity contribution in [1.29, 1.82) is 0 Å². The van der Waals surface area contributed by atoms with E-state index in [1.54, 1.807) is 12.1 Å². The normalized spacial score (nSPS) is 10.4. The van der Waals surface area contributed by atoms with Crippen LogP contribution in [0.4, 0.5) is 0 Å². The van der Waals surface area contributed by atoms with Crippen molar-refractivity contribution in [2.24, 2.45) is 5.73 Å². The van der Waals surface area contributed by atoms with E-state index in [1.807, 2.05) is 12.1 Å². The average Bonchev–Trinajstić information content (AvgIpc) is 2.27. The van der Waals surface area contributed by atoms with Crippen LogP contribution in [0, 0.1) is 0 Å². The standard InChI is InChI=1S/C11H6BrCl2N3O/c12-6-4-2-1-3-5(6)8-7(10(15)18)9(13)17-11(14)16-8/h1-4H,(H2,15,18). The van der Waals surface area contributed by atoms with Gasteiger partial charge in [-0.3, -0.25) is 4.79 Å². The fourth-order valence-corrected chi connectivity index (χ4v) is 2.42. The quantitative estimate of drug-likeness (QED) is 0.670. The zero-order chi connectivity index (χ0) is 13.3. The Balaban J connectivity index is 2.78. The van der Waals surface area contributed by atoms with E-state index < -0.39 is 5.91 Å². The fraction of sp³-hybridized carbons (Fsp3) is 0. The van der Waals surface area contributed by atoms with E-state index in [-0.39, 0.29) is 16.0 Å². The van der Waals surface area contributed by atoms with Crippen LogP contribution >= 0.6 is 39.1 Å². The highest BCUT2D eigenvalue weighted by molar-refractivity contribution is 9.10. The van der Waals surface area contributed by atoms with Gasteiger partial charge in [0, 0.05) is 10.0 Å². The minimum atomic E-state index is -0.706. The minimum Gasteiger partial charge on any atom is -0.365 e. The average molecular weight is 347 g/mol. The van der Waals surface area contributed by atoms with Crippen LogP contribution in [-0.4, -0.2) is 15.9 Å². The molecule has 4 nitrogen and oxygen atoms in total. The Morgan fingerprint density at radius 2 is 1.89 bits per heavy atom. The van der Waals surface area contributed by atoms with Gasteiger partial charge >= 0.3 is 0 Å². The highest BCUT2D eigenvalue weighted by atomic mass is 79.9. The largest absolute Gasteiger partial charge is 0.365 e. The second-order valence-electron chi connectivity index (χ2n) is 3.35. The van der Waals surface area contributed by atoms with E-state index in [0.717, 1.165) is 4.47 Å². The van der Waals surface area contributed by atoms with Gasteiger partial charge in [0.05, 0.1) is 5.69 Å². The van der Waals surface area contributed by atoms with Gasteiger partial charge < -0.3 is 5.73 Å². The second-order valence-corrected chi connectivity index (χ2v) is 4.90. The van der Waals surface area contributed by atoms with Gasteiger partial charge in [-0.1, -0.05) is 45.7 Å². The van der Waals surface area contributed by atoms with E-state index in [1.165, 1.54) is 0 Å². The molecule has 0 unspecified atom stereocenters. The fourth-order valence-electron chi connectivity index (χ4n) is 1.47. The lowest BCUT2D eigenvalue weighted by Gasteiger charge is -2.09. The first-order chi connectivity index (χ1) is 8.50. The Morgan fingerprint density at radius 1 is 1.22 bits per heavy atom. The molecule has 0 fully saturated rings. The van der Waals surface area contributed by atoms with Crippen molar-refractivity contribution in [1.82, 2.24) is 9.97 Å². The van der Waals surface area contributed by atoms with Gasteiger partial charge in [-0.05, 0) is 17.7 Å². The van der Waals surface area contributed by atoms with Crippen LogP contribution < -0.4 is 5.73 Å². The van der Waals surface area contributed by atoms with E-state index in [4.69, 9.17) is 28.9 Å². The van der Waals surface area contributed by atoms with Gasteiger partial charge in [-0.2, -0.15) is 0 Å². The van der Waals surface area contributed by atoms with Crippen LogP contribution in [0.25, 0.3) is 11.3 Å². The number of nitrogens with two attached hydrogens (primary N) is 1. The van der Waals surface area contributed by atoms with Crippen molar-refractivity contribution < 1.29 is 4.79 Å². The van der Waals surface area contributed by atoms with E-state index in [2.05, 4.69) is 25.9 Å². The molecule has 0 spiro atoms. The molecule has 18 heavy (non-hydrogen) atoms. The molecule has 0 aliphatic carbocycles. The predicted molar refractivity (Wildman–Crippen MR) is 73.7 cm³/mol. The van der Waals surface area contributed by atoms with E-state index >= 15 is 0 Å². The lowest BCUT2D eigenvalue weighted by atomic mass is 10.1. The molecule has 7 heteroatoms. The molecule has 2 N–H and O–H groups in total. The number of hydrogen-bond acceptors (Lipinski definition) is 3. The maximum Gasteiger partial charge on any atom is 0.254 e. The number of benzene rings is 1. The maximum absolute atomic E-state index is 11.4. The SMILES string of the molecule is NC(=O)c1c(Cl)nc(Cl)nc1-c1ccccc1Br. The van der Waals surface area contributed by atoms with Gasteiger partial charge in [-0.15, -0.1) is 0 Å². The van der Waals surface area contributed by atoms with Crippen molar-refractivity contribution in [2.45, 2.75) is 0 Å². The summed E-state index contributed by atoms with van der Waals surface area (Å²) in [5.41, 5.74) is 6.31. The lowest BCUT2D eigenvalue weighted by Crippen LogP contribution is -2.15. The van der Waals surface area contributed by atoms with E-state index in [0.29, 0.717) is 11.3 Å². The monoisotopic (exact) mass is 345 g/mol. The summed E-state index contributed by atoms with van der Waals surface area (Å²) in [5.74, 6) is -0.706. The number of aromatic nitrogens is 2. The van der Waals surface area contributed by atoms with Crippen LogP contribution in [0.3, 0.4) is 0 Å². The number of carbonyl (C=O) groups excluding carboxylic acids is 1. The van der Waals surface area contributed by atoms with Crippen molar-refractivity contribution in [3.63, 3.8) is 0 Å². The van der Waals surface area contributed by atoms with Crippen LogP contribution in [-0.2, 0) is 0 Å². The summed E-state index contributed by atoms with van der Waals surface area (Å²) < 4.78 is 0.748. The summed E-state index contributed by atoms with van der Waals surface area (Å²) in [6.07, 6.45) is 0. The Hall–Kier alpha value is -1.17. The number of hydrogen-bond donors (Lipinski definition) is 1. The molecular weight excluding hydrogens is 341 g/mol. The third-order valence-corrected chi connectivity index (χ3v) is 3.35. The molecular formula is C11H6BrCl2N3O. The number of primary amides is 1. The molecule has 0 atom stereocenters. The Bertz CT molecular complexity index is 634. The number of rotatable bonds is 2. The van der Waals surface area contributed by atoms with Crippen LogP contribution in [0.2, 0.25) is 10.4 Å². The van der Waals surface area contributed by atoms with Gasteiger partial charge in [-0.25, -0.2) is 9.97 Å². The number of carbonyl (C=O) groups is 1. The molecule has 0 aliphatic heterocycles. The molecule has 1 heterocycles. The molecule has 0 saturated carbocycles. The highest BCUT2D eigenvalue weighted by Crippen LogP contribution is 2.32. The van der Waals surface area contributed by atoms with Crippen molar-refractivity contribution in [2.75, 3.05) is 0 Å². The number of halogens is 3. The van der Waals surface area contributed by atoms with Crippen molar-refractivity contribution >= 4 is 45.0 Å². The Morgan fingerprint density at radius 3 is 2.50 bits per heavy atom. The molecule has 0 aliphatic rings. The van der Waals surface area contributed by atoms with Crippen LogP contribution in [0.1, 0.15) is 10.4 Å². The molecule has 92 valence electrons. The summed E-state index contributed by atoms with van der Waals surface area (Å²) in [5, 5.41) is -0.107. The first kappa shape index (κ1) is 13.3. The van der Waals surface area contributed by atoms with Gasteiger partial charge in [0.25, 0.3) is 5.91 Å². The molecule has 2 aromatic rings. The van der Waals surface area contributed by atoms with Crippen molar-refractivity contribution in [3.8, 4) is 11.3 Å². The summed E-state index contributed by atoms with van der Waals surface area (Å²) in [6, 6.07) is 7.21. The van der Waals surface area contributed by atoms with Crippen molar-refractivity contribution in [3.05, 3.63) is 44.7 Å². The molecule has 1 amide bonds. The maximum atomic E-state index is 11.4. The summed E-state index contributed by atoms with van der Waals surface area (Å²) in [7, 11) is 0.